The Morgan fingerprint density at radius 1 is 1.33 bits per heavy atom. The molecule has 0 saturated heterocycles. The van der Waals surface area contributed by atoms with Crippen LogP contribution in [-0.4, -0.2) is 19.3 Å². The van der Waals surface area contributed by atoms with E-state index in [0.29, 0.717) is 11.5 Å². The zero-order valence-electron chi connectivity index (χ0n) is 8.93. The van der Waals surface area contributed by atoms with Gasteiger partial charge in [0.1, 0.15) is 5.82 Å². The van der Waals surface area contributed by atoms with Crippen molar-refractivity contribution in [3.8, 4) is 11.4 Å². The summed E-state index contributed by atoms with van der Waals surface area (Å²) in [6, 6.07) is 3.35. The lowest BCUT2D eigenvalue weighted by Crippen LogP contribution is -2.20. The second-order valence-electron chi connectivity index (χ2n) is 3.43. The van der Waals surface area contributed by atoms with Crippen LogP contribution in [-0.2, 0) is 14.1 Å². The Bertz CT molecular complexity index is 553. The van der Waals surface area contributed by atoms with Crippen LogP contribution in [0, 0.1) is 6.92 Å². The summed E-state index contributed by atoms with van der Waals surface area (Å²) in [5.74, 6) is 0.693. The third-order valence-corrected chi connectivity index (χ3v) is 2.44. The lowest BCUT2D eigenvalue weighted by atomic mass is 10.3. The van der Waals surface area contributed by atoms with Gasteiger partial charge in [0.2, 0.25) is 0 Å². The highest BCUT2D eigenvalue weighted by atomic mass is 16.1. The second-order valence-corrected chi connectivity index (χ2v) is 3.43. The molecule has 0 bridgehead atoms. The minimum Gasteiger partial charge on any atom is -0.300 e. The Hall–Kier alpha value is -1.91. The highest BCUT2D eigenvalue weighted by molar-refractivity contribution is 5.53. The van der Waals surface area contributed by atoms with Gasteiger partial charge < -0.3 is 4.57 Å². The van der Waals surface area contributed by atoms with Crippen LogP contribution < -0.4 is 5.56 Å². The topological polar surface area (TPSA) is 52.7 Å². The molecule has 78 valence electrons. The Morgan fingerprint density at radius 2 is 2.07 bits per heavy atom. The van der Waals surface area contributed by atoms with Gasteiger partial charge in [-0.15, -0.1) is 0 Å². The van der Waals surface area contributed by atoms with Crippen molar-refractivity contribution in [2.75, 3.05) is 0 Å². The van der Waals surface area contributed by atoms with Crippen molar-refractivity contribution < 1.29 is 0 Å². The molecule has 0 unspecified atom stereocenters. The molecule has 0 N–H and O–H groups in total. The van der Waals surface area contributed by atoms with Gasteiger partial charge in [0, 0.05) is 26.4 Å². The average molecular weight is 204 g/mol. The molecule has 0 amide bonds. The molecule has 15 heavy (non-hydrogen) atoms. The first-order valence-electron chi connectivity index (χ1n) is 4.62. The molecule has 0 aromatic carbocycles. The average Bonchev–Trinajstić information content (AvgIpc) is 2.60. The quantitative estimate of drug-likeness (QED) is 0.679. The summed E-state index contributed by atoms with van der Waals surface area (Å²) in [5.41, 5.74) is 1.45. The van der Waals surface area contributed by atoms with E-state index in [4.69, 9.17) is 0 Å². The molecule has 2 rings (SSSR count). The molecular weight excluding hydrogens is 192 g/mol. The van der Waals surface area contributed by atoms with Gasteiger partial charge in [-0.25, -0.2) is 4.98 Å². The number of hydrogen-bond donors (Lipinski definition) is 0. The monoisotopic (exact) mass is 204 g/mol. The van der Waals surface area contributed by atoms with Gasteiger partial charge in [0.15, 0.2) is 0 Å². The van der Waals surface area contributed by atoms with Gasteiger partial charge in [0.25, 0.3) is 5.56 Å². The molecular formula is C10H12N4O. The summed E-state index contributed by atoms with van der Waals surface area (Å²) in [5, 5.41) is 4.04. The summed E-state index contributed by atoms with van der Waals surface area (Å²) in [4.78, 5) is 15.9. The van der Waals surface area contributed by atoms with E-state index < -0.39 is 0 Å². The number of hydrogen-bond acceptors (Lipinski definition) is 3. The normalized spacial score (nSPS) is 10.6. The minimum absolute atomic E-state index is 0.0568. The van der Waals surface area contributed by atoms with Crippen LogP contribution in [0.3, 0.4) is 0 Å². The van der Waals surface area contributed by atoms with Crippen molar-refractivity contribution in [1.29, 1.82) is 0 Å². The van der Waals surface area contributed by atoms with Crippen LogP contribution in [0.4, 0.5) is 0 Å². The number of aryl methyl sites for hydroxylation is 2. The van der Waals surface area contributed by atoms with Crippen molar-refractivity contribution in [3.63, 3.8) is 0 Å². The molecule has 0 spiro atoms. The van der Waals surface area contributed by atoms with E-state index in [1.807, 2.05) is 13.1 Å². The molecule has 5 heteroatoms. The van der Waals surface area contributed by atoms with E-state index in [1.165, 1.54) is 10.6 Å². The second kappa shape index (κ2) is 3.34. The fraction of sp³-hybridized carbons (Fsp3) is 0.300. The lowest BCUT2D eigenvalue weighted by molar-refractivity contribution is 0.754. The van der Waals surface area contributed by atoms with E-state index in [9.17, 15) is 4.79 Å². The van der Waals surface area contributed by atoms with Crippen molar-refractivity contribution in [1.82, 2.24) is 19.3 Å². The molecule has 0 atom stereocenters. The first-order valence-corrected chi connectivity index (χ1v) is 4.62. The maximum absolute atomic E-state index is 11.6. The van der Waals surface area contributed by atoms with Crippen LogP contribution in [0.15, 0.2) is 23.1 Å². The summed E-state index contributed by atoms with van der Waals surface area (Å²) in [7, 11) is 3.53. The first-order chi connectivity index (χ1) is 7.09. The largest absolute Gasteiger partial charge is 0.300 e. The van der Waals surface area contributed by atoms with E-state index in [-0.39, 0.29) is 5.56 Å². The summed E-state index contributed by atoms with van der Waals surface area (Å²) in [6.45, 7) is 1.81. The van der Waals surface area contributed by atoms with Gasteiger partial charge in [-0.1, -0.05) is 0 Å². The predicted octanol–water partition coefficient (Wildman–Crippen LogP) is 0.489. The van der Waals surface area contributed by atoms with Gasteiger partial charge >= 0.3 is 0 Å². The third-order valence-electron chi connectivity index (χ3n) is 2.44. The fourth-order valence-corrected chi connectivity index (χ4v) is 1.41. The molecule has 2 aromatic rings. The van der Waals surface area contributed by atoms with Crippen molar-refractivity contribution in [3.05, 3.63) is 34.5 Å². The predicted molar refractivity (Wildman–Crippen MR) is 56.4 cm³/mol. The SMILES string of the molecule is Cc1nc(-c2ccnn2C)cc(=O)n1C. The lowest BCUT2D eigenvalue weighted by Gasteiger charge is -2.05. The molecule has 0 aliphatic rings. The standard InChI is InChI=1S/C10H12N4O/c1-7-12-8(6-10(15)13(7)2)9-4-5-11-14(9)3/h4-6H,1-3H3. The summed E-state index contributed by atoms with van der Waals surface area (Å²) < 4.78 is 3.21. The van der Waals surface area contributed by atoms with Crippen LogP contribution in [0.2, 0.25) is 0 Å². The highest BCUT2D eigenvalue weighted by Crippen LogP contribution is 2.13. The Balaban J connectivity index is 2.66. The smallest absolute Gasteiger partial charge is 0.253 e. The Labute approximate surface area is 87.0 Å². The van der Waals surface area contributed by atoms with Gasteiger partial charge in [-0.2, -0.15) is 5.10 Å². The molecule has 0 radical (unpaired) electrons. The van der Waals surface area contributed by atoms with Gasteiger partial charge in [-0.05, 0) is 13.0 Å². The molecule has 0 aliphatic carbocycles. The van der Waals surface area contributed by atoms with Crippen molar-refractivity contribution in [2.45, 2.75) is 6.92 Å². The summed E-state index contributed by atoms with van der Waals surface area (Å²) >= 11 is 0. The molecule has 0 saturated carbocycles. The molecule has 2 heterocycles. The van der Waals surface area contributed by atoms with Crippen LogP contribution in [0.1, 0.15) is 5.82 Å². The number of aromatic nitrogens is 4. The first kappa shape index (κ1) is 9.64. The van der Waals surface area contributed by atoms with Gasteiger partial charge in [-0.3, -0.25) is 9.48 Å². The van der Waals surface area contributed by atoms with E-state index >= 15 is 0 Å². The molecule has 0 aliphatic heterocycles. The van der Waals surface area contributed by atoms with E-state index in [1.54, 1.807) is 24.9 Å². The third kappa shape index (κ3) is 1.56. The number of nitrogens with zero attached hydrogens (tertiary/aromatic N) is 4. The van der Waals surface area contributed by atoms with E-state index in [0.717, 1.165) is 5.69 Å². The Kier molecular flexibility index (Phi) is 2.15. The van der Waals surface area contributed by atoms with Crippen molar-refractivity contribution in [2.24, 2.45) is 14.1 Å². The van der Waals surface area contributed by atoms with Crippen LogP contribution in [0.5, 0.6) is 0 Å². The highest BCUT2D eigenvalue weighted by Gasteiger charge is 2.07. The summed E-state index contributed by atoms with van der Waals surface area (Å²) in [6.07, 6.45) is 1.68. The van der Waals surface area contributed by atoms with Crippen molar-refractivity contribution >= 4 is 0 Å². The molecule has 5 nitrogen and oxygen atoms in total. The minimum atomic E-state index is -0.0568. The van der Waals surface area contributed by atoms with Gasteiger partial charge in [0.05, 0.1) is 11.4 Å². The molecule has 2 aromatic heterocycles. The van der Waals surface area contributed by atoms with E-state index in [2.05, 4.69) is 10.1 Å². The maximum atomic E-state index is 11.6. The van der Waals surface area contributed by atoms with Crippen LogP contribution in [0.25, 0.3) is 11.4 Å². The zero-order valence-corrected chi connectivity index (χ0v) is 8.93. The van der Waals surface area contributed by atoms with Crippen LogP contribution >= 0.6 is 0 Å². The zero-order chi connectivity index (χ0) is 11.0. The maximum Gasteiger partial charge on any atom is 0.253 e. The molecule has 0 fully saturated rings. The Morgan fingerprint density at radius 3 is 2.60 bits per heavy atom. The number of rotatable bonds is 1. The fourth-order valence-electron chi connectivity index (χ4n) is 1.41.